The van der Waals surface area contributed by atoms with Gasteiger partial charge in [0.2, 0.25) is 0 Å². The van der Waals surface area contributed by atoms with E-state index in [1.165, 1.54) is 16.7 Å². The maximum Gasteiger partial charge on any atom is 0.121 e. The van der Waals surface area contributed by atoms with Crippen LogP contribution >= 0.6 is 0 Å². The summed E-state index contributed by atoms with van der Waals surface area (Å²) in [6.45, 7) is 6.06. The summed E-state index contributed by atoms with van der Waals surface area (Å²) in [5.74, 6) is 0.405. The van der Waals surface area contributed by atoms with Crippen LogP contribution in [0.3, 0.4) is 0 Å². The monoisotopic (exact) mass is 226 g/mol. The summed E-state index contributed by atoms with van der Waals surface area (Å²) in [4.78, 5) is 0. The van der Waals surface area contributed by atoms with Crippen molar-refractivity contribution in [3.63, 3.8) is 0 Å². The average molecular weight is 226 g/mol. The molecule has 2 rings (SSSR count). The second-order valence-electron chi connectivity index (χ2n) is 4.47. The van der Waals surface area contributed by atoms with E-state index in [1.807, 2.05) is 13.8 Å². The predicted octanol–water partition coefficient (Wildman–Crippen LogP) is 4.24. The molecule has 0 heterocycles. The molecule has 2 aromatic carbocycles. The van der Waals surface area contributed by atoms with E-state index in [0.717, 1.165) is 17.5 Å². The Morgan fingerprint density at radius 1 is 1.00 bits per heavy atom. The van der Waals surface area contributed by atoms with Crippen LogP contribution in [0.4, 0.5) is 0 Å². The minimum absolute atomic E-state index is 0.405. The Bertz CT molecular complexity index is 518. The summed E-state index contributed by atoms with van der Waals surface area (Å²) < 4.78 is 0. The van der Waals surface area contributed by atoms with E-state index < -0.39 is 0 Å². The Balaban J connectivity index is 2.61. The van der Waals surface area contributed by atoms with Crippen molar-refractivity contribution < 1.29 is 5.11 Å². The van der Waals surface area contributed by atoms with Crippen molar-refractivity contribution in [2.75, 3.05) is 0 Å². The lowest BCUT2D eigenvalue weighted by molar-refractivity contribution is 0.467. The lowest BCUT2D eigenvalue weighted by atomic mass is 9.95. The third-order valence-corrected chi connectivity index (χ3v) is 3.20. The first-order valence-electron chi connectivity index (χ1n) is 6.02. The Hall–Kier alpha value is -1.76. The van der Waals surface area contributed by atoms with Gasteiger partial charge in [0.25, 0.3) is 0 Å². The van der Waals surface area contributed by atoms with Gasteiger partial charge in [-0.3, -0.25) is 0 Å². The third-order valence-electron chi connectivity index (χ3n) is 3.20. The molecule has 0 spiro atoms. The summed E-state index contributed by atoms with van der Waals surface area (Å²) in [5, 5.41) is 9.80. The maximum absolute atomic E-state index is 9.80. The van der Waals surface area contributed by atoms with E-state index in [9.17, 15) is 5.11 Å². The second-order valence-corrected chi connectivity index (χ2v) is 4.47. The van der Waals surface area contributed by atoms with Gasteiger partial charge in [0.05, 0.1) is 0 Å². The van der Waals surface area contributed by atoms with E-state index in [4.69, 9.17) is 0 Å². The Morgan fingerprint density at radius 2 is 1.59 bits per heavy atom. The average Bonchev–Trinajstić information content (AvgIpc) is 2.35. The summed E-state index contributed by atoms with van der Waals surface area (Å²) in [6.07, 6.45) is 1.02. The van der Waals surface area contributed by atoms with Crippen molar-refractivity contribution in [3.05, 3.63) is 53.1 Å². The van der Waals surface area contributed by atoms with Gasteiger partial charge in [-0.15, -0.1) is 0 Å². The second kappa shape index (κ2) is 4.62. The first-order chi connectivity index (χ1) is 8.13. The molecule has 0 unspecified atom stereocenters. The van der Waals surface area contributed by atoms with E-state index in [0.29, 0.717) is 5.75 Å². The van der Waals surface area contributed by atoms with Crippen LogP contribution < -0.4 is 0 Å². The molecule has 88 valence electrons. The predicted molar refractivity (Wildman–Crippen MR) is 72.4 cm³/mol. The van der Waals surface area contributed by atoms with Gasteiger partial charge >= 0.3 is 0 Å². The van der Waals surface area contributed by atoms with Crippen LogP contribution in [0.5, 0.6) is 5.75 Å². The topological polar surface area (TPSA) is 20.2 Å². The highest BCUT2D eigenvalue weighted by atomic mass is 16.3. The number of aryl methyl sites for hydroxylation is 3. The highest BCUT2D eigenvalue weighted by Gasteiger charge is 2.07. The first-order valence-corrected chi connectivity index (χ1v) is 6.02. The fourth-order valence-corrected chi connectivity index (χ4v) is 2.22. The van der Waals surface area contributed by atoms with Crippen LogP contribution in [-0.2, 0) is 6.42 Å². The number of phenols is 1. The fraction of sp³-hybridized carbons (Fsp3) is 0.250. The molecule has 1 nitrogen and oxygen atoms in total. The highest BCUT2D eigenvalue weighted by Crippen LogP contribution is 2.31. The summed E-state index contributed by atoms with van der Waals surface area (Å²) in [6, 6.07) is 12.5. The molecule has 0 aromatic heterocycles. The molecule has 1 heteroatoms. The van der Waals surface area contributed by atoms with Gasteiger partial charge in [0, 0.05) is 0 Å². The molecule has 1 N–H and O–H groups in total. The van der Waals surface area contributed by atoms with Crippen LogP contribution in [0.2, 0.25) is 0 Å². The fourth-order valence-electron chi connectivity index (χ4n) is 2.22. The largest absolute Gasteiger partial charge is 0.507 e. The van der Waals surface area contributed by atoms with Gasteiger partial charge in [-0.2, -0.15) is 0 Å². The standard InChI is InChI=1S/C16H18O/c1-4-13-7-5-6-8-15(13)14-9-11(2)16(17)12(3)10-14/h5-10,17H,4H2,1-3H3. The van der Waals surface area contributed by atoms with Crippen molar-refractivity contribution in [3.8, 4) is 16.9 Å². The van der Waals surface area contributed by atoms with Gasteiger partial charge < -0.3 is 5.11 Å². The molecule has 2 aromatic rings. The number of hydrogen-bond acceptors (Lipinski definition) is 1. The van der Waals surface area contributed by atoms with Crippen LogP contribution in [0.25, 0.3) is 11.1 Å². The Kier molecular flexibility index (Phi) is 3.19. The van der Waals surface area contributed by atoms with Gasteiger partial charge in [-0.25, -0.2) is 0 Å². The number of rotatable bonds is 2. The number of benzene rings is 2. The quantitative estimate of drug-likeness (QED) is 0.812. The van der Waals surface area contributed by atoms with Gasteiger partial charge in [0.15, 0.2) is 0 Å². The molecule has 17 heavy (non-hydrogen) atoms. The zero-order valence-corrected chi connectivity index (χ0v) is 10.6. The van der Waals surface area contributed by atoms with E-state index >= 15 is 0 Å². The molecule has 0 aliphatic heterocycles. The molecule has 0 saturated carbocycles. The minimum Gasteiger partial charge on any atom is -0.507 e. The number of aromatic hydroxyl groups is 1. The van der Waals surface area contributed by atoms with Crippen molar-refractivity contribution in [2.24, 2.45) is 0 Å². The minimum atomic E-state index is 0.405. The molecular formula is C16H18O. The maximum atomic E-state index is 9.80. The molecule has 0 amide bonds. The number of hydrogen-bond donors (Lipinski definition) is 1. The van der Waals surface area contributed by atoms with Crippen molar-refractivity contribution >= 4 is 0 Å². The van der Waals surface area contributed by atoms with Crippen LogP contribution in [0.15, 0.2) is 36.4 Å². The Morgan fingerprint density at radius 3 is 2.18 bits per heavy atom. The van der Waals surface area contributed by atoms with Crippen molar-refractivity contribution in [2.45, 2.75) is 27.2 Å². The highest BCUT2D eigenvalue weighted by molar-refractivity contribution is 5.70. The molecule has 0 radical (unpaired) electrons. The lowest BCUT2D eigenvalue weighted by Gasteiger charge is -2.11. The third kappa shape index (κ3) is 2.19. The van der Waals surface area contributed by atoms with Crippen molar-refractivity contribution in [1.82, 2.24) is 0 Å². The molecule has 0 atom stereocenters. The molecule has 0 fully saturated rings. The van der Waals surface area contributed by atoms with Crippen LogP contribution in [0, 0.1) is 13.8 Å². The lowest BCUT2D eigenvalue weighted by Crippen LogP contribution is -1.89. The SMILES string of the molecule is CCc1ccccc1-c1cc(C)c(O)c(C)c1. The van der Waals surface area contributed by atoms with Gasteiger partial charge in [-0.05, 0) is 60.2 Å². The van der Waals surface area contributed by atoms with E-state index in [2.05, 4.69) is 43.3 Å². The normalized spacial score (nSPS) is 10.5. The zero-order chi connectivity index (χ0) is 12.4. The summed E-state index contributed by atoms with van der Waals surface area (Å²) in [7, 11) is 0. The molecular weight excluding hydrogens is 208 g/mol. The van der Waals surface area contributed by atoms with Crippen LogP contribution in [0.1, 0.15) is 23.6 Å². The van der Waals surface area contributed by atoms with Crippen LogP contribution in [-0.4, -0.2) is 5.11 Å². The van der Waals surface area contributed by atoms with E-state index in [-0.39, 0.29) is 0 Å². The molecule has 0 aliphatic carbocycles. The number of phenolic OH excluding ortho intramolecular Hbond substituents is 1. The zero-order valence-electron chi connectivity index (χ0n) is 10.6. The molecule has 0 bridgehead atoms. The Labute approximate surface area is 103 Å². The molecule has 0 saturated heterocycles. The van der Waals surface area contributed by atoms with E-state index in [1.54, 1.807) is 0 Å². The first kappa shape index (κ1) is 11.7. The summed E-state index contributed by atoms with van der Waals surface area (Å²) in [5.41, 5.74) is 5.67. The summed E-state index contributed by atoms with van der Waals surface area (Å²) >= 11 is 0. The van der Waals surface area contributed by atoms with Crippen molar-refractivity contribution in [1.29, 1.82) is 0 Å². The van der Waals surface area contributed by atoms with Gasteiger partial charge in [-0.1, -0.05) is 31.2 Å². The smallest absolute Gasteiger partial charge is 0.121 e. The molecule has 0 aliphatic rings. The van der Waals surface area contributed by atoms with Gasteiger partial charge in [0.1, 0.15) is 5.75 Å².